The summed E-state index contributed by atoms with van der Waals surface area (Å²) >= 11 is 0. The van der Waals surface area contributed by atoms with Gasteiger partial charge < -0.3 is 14.4 Å². The molecule has 1 fully saturated rings. The van der Waals surface area contributed by atoms with Crippen molar-refractivity contribution in [3.63, 3.8) is 0 Å². The van der Waals surface area contributed by atoms with Gasteiger partial charge in [0.15, 0.2) is 17.1 Å². The normalized spacial score (nSPS) is 17.2. The molecule has 1 aromatic carbocycles. The lowest BCUT2D eigenvalue weighted by Gasteiger charge is -2.31. The lowest BCUT2D eigenvalue weighted by atomic mass is 10.1. The highest BCUT2D eigenvalue weighted by Gasteiger charge is 2.18. The van der Waals surface area contributed by atoms with Crippen LogP contribution in [0.25, 0.3) is 16.9 Å². The lowest BCUT2D eigenvalue weighted by Crippen LogP contribution is -2.47. The van der Waals surface area contributed by atoms with Crippen molar-refractivity contribution in [2.75, 3.05) is 58.3 Å². The Balaban J connectivity index is 1.35. The van der Waals surface area contributed by atoms with Crippen molar-refractivity contribution in [3.05, 3.63) is 36.4 Å². The summed E-state index contributed by atoms with van der Waals surface area (Å²) < 4.78 is 13.0. The number of rotatable bonds is 4. The minimum absolute atomic E-state index is 0.101. The number of fused-ring (bicyclic) bond motifs is 2. The van der Waals surface area contributed by atoms with Gasteiger partial charge in [0.1, 0.15) is 13.2 Å². The molecule has 0 spiro atoms. The van der Waals surface area contributed by atoms with Crippen molar-refractivity contribution in [2.45, 2.75) is 0 Å². The third-order valence-corrected chi connectivity index (χ3v) is 5.41. The zero-order chi connectivity index (χ0) is 20.5. The highest BCUT2D eigenvalue weighted by Crippen LogP contribution is 2.34. The van der Waals surface area contributed by atoms with E-state index >= 15 is 0 Å². The maximum absolute atomic E-state index is 12.5. The first kappa shape index (κ1) is 18.8. The third-order valence-electron chi connectivity index (χ3n) is 5.41. The molecule has 0 bridgehead atoms. The largest absolute Gasteiger partial charge is 0.486 e. The standard InChI is InChI=1S/C21H24N6O3/c1-25-7-9-26(10-8-25)14-20(28)23-21-22-19-4-2-3-16(27(19)24-21)15-5-6-17-18(13-15)30-12-11-29-17/h2-6,13H,7-12,14H2,1H3,(H,23,24,28). The van der Waals surface area contributed by atoms with Crippen LogP contribution in [0.2, 0.25) is 0 Å². The fraction of sp³-hybridized carbons (Fsp3) is 0.381. The van der Waals surface area contributed by atoms with E-state index in [4.69, 9.17) is 9.47 Å². The van der Waals surface area contributed by atoms with Crippen LogP contribution in [0.15, 0.2) is 36.4 Å². The van der Waals surface area contributed by atoms with Gasteiger partial charge in [0.05, 0.1) is 12.2 Å². The second-order valence-corrected chi connectivity index (χ2v) is 7.60. The van der Waals surface area contributed by atoms with Crippen LogP contribution in [0.4, 0.5) is 5.95 Å². The fourth-order valence-electron chi connectivity index (χ4n) is 3.75. The van der Waals surface area contributed by atoms with Crippen LogP contribution < -0.4 is 14.8 Å². The minimum atomic E-state index is -0.101. The zero-order valence-electron chi connectivity index (χ0n) is 16.9. The van der Waals surface area contributed by atoms with E-state index in [0.717, 1.165) is 48.9 Å². The number of nitrogens with zero attached hydrogens (tertiary/aromatic N) is 5. The zero-order valence-corrected chi connectivity index (χ0v) is 16.9. The van der Waals surface area contributed by atoms with Crippen LogP contribution >= 0.6 is 0 Å². The van der Waals surface area contributed by atoms with Crippen LogP contribution in [-0.4, -0.2) is 83.3 Å². The molecule has 9 heteroatoms. The van der Waals surface area contributed by atoms with E-state index in [1.54, 1.807) is 4.52 Å². The lowest BCUT2D eigenvalue weighted by molar-refractivity contribution is -0.117. The maximum Gasteiger partial charge on any atom is 0.249 e. The van der Waals surface area contributed by atoms with Gasteiger partial charge in [-0.1, -0.05) is 6.07 Å². The summed E-state index contributed by atoms with van der Waals surface area (Å²) in [5.74, 6) is 1.67. The van der Waals surface area contributed by atoms with E-state index in [0.29, 0.717) is 31.4 Å². The molecule has 0 unspecified atom stereocenters. The van der Waals surface area contributed by atoms with Gasteiger partial charge in [-0.15, -0.1) is 5.10 Å². The summed E-state index contributed by atoms with van der Waals surface area (Å²) in [5.41, 5.74) is 2.46. The van der Waals surface area contributed by atoms with Gasteiger partial charge in [-0.05, 0) is 37.4 Å². The van der Waals surface area contributed by atoms with E-state index in [9.17, 15) is 4.79 Å². The topological polar surface area (TPSA) is 84.2 Å². The number of benzene rings is 1. The molecule has 1 N–H and O–H groups in total. The Morgan fingerprint density at radius 2 is 1.87 bits per heavy atom. The summed E-state index contributed by atoms with van der Waals surface area (Å²) in [6, 6.07) is 11.6. The molecule has 0 atom stereocenters. The second-order valence-electron chi connectivity index (χ2n) is 7.60. The SMILES string of the molecule is CN1CCN(CC(=O)Nc2nc3cccc(-c4ccc5c(c4)OCCO5)n3n2)CC1. The summed E-state index contributed by atoms with van der Waals surface area (Å²) in [6.45, 7) is 5.15. The number of amides is 1. The summed E-state index contributed by atoms with van der Waals surface area (Å²) in [7, 11) is 2.09. The van der Waals surface area contributed by atoms with E-state index in [1.165, 1.54) is 0 Å². The van der Waals surface area contributed by atoms with Crippen molar-refractivity contribution >= 4 is 17.5 Å². The van der Waals surface area contributed by atoms with Crippen molar-refractivity contribution in [1.29, 1.82) is 0 Å². The van der Waals surface area contributed by atoms with Crippen molar-refractivity contribution < 1.29 is 14.3 Å². The Hall–Kier alpha value is -3.17. The average Bonchev–Trinajstić information content (AvgIpc) is 3.17. The molecule has 1 saturated heterocycles. The molecule has 4 heterocycles. The molecule has 5 rings (SSSR count). The summed E-state index contributed by atoms with van der Waals surface area (Å²) in [6.07, 6.45) is 0. The molecule has 2 aliphatic heterocycles. The first-order valence-corrected chi connectivity index (χ1v) is 10.1. The molecule has 0 saturated carbocycles. The van der Waals surface area contributed by atoms with Crippen LogP contribution in [-0.2, 0) is 4.79 Å². The van der Waals surface area contributed by atoms with Gasteiger partial charge in [-0.3, -0.25) is 15.0 Å². The molecule has 1 amide bonds. The van der Waals surface area contributed by atoms with Gasteiger partial charge in [0.2, 0.25) is 11.9 Å². The Bertz CT molecular complexity index is 1070. The number of pyridine rings is 1. The molecule has 0 aliphatic carbocycles. The van der Waals surface area contributed by atoms with E-state index in [2.05, 4.69) is 32.2 Å². The number of piperazine rings is 1. The molecule has 30 heavy (non-hydrogen) atoms. The van der Waals surface area contributed by atoms with Crippen molar-refractivity contribution in [3.8, 4) is 22.8 Å². The number of anilines is 1. The number of hydrogen-bond acceptors (Lipinski definition) is 7. The highest BCUT2D eigenvalue weighted by atomic mass is 16.6. The fourth-order valence-corrected chi connectivity index (χ4v) is 3.75. The van der Waals surface area contributed by atoms with Crippen LogP contribution in [0.5, 0.6) is 11.5 Å². The van der Waals surface area contributed by atoms with Crippen LogP contribution in [0.3, 0.4) is 0 Å². The smallest absolute Gasteiger partial charge is 0.249 e. The van der Waals surface area contributed by atoms with Gasteiger partial charge in [-0.2, -0.15) is 4.98 Å². The molecule has 2 aliphatic rings. The molecular weight excluding hydrogens is 384 g/mol. The highest BCUT2D eigenvalue weighted by molar-refractivity contribution is 5.90. The number of ether oxygens (including phenoxy) is 2. The number of nitrogens with one attached hydrogen (secondary N) is 1. The Kier molecular flexibility index (Phi) is 4.97. The van der Waals surface area contributed by atoms with Crippen molar-refractivity contribution in [2.24, 2.45) is 0 Å². The summed E-state index contributed by atoms with van der Waals surface area (Å²) in [5, 5.41) is 7.36. The Labute approximate surface area is 174 Å². The minimum Gasteiger partial charge on any atom is -0.486 e. The quantitative estimate of drug-likeness (QED) is 0.698. The molecule has 2 aromatic heterocycles. The molecule has 0 radical (unpaired) electrons. The number of likely N-dealkylation sites (N-methyl/N-ethyl adjacent to an activating group) is 1. The van der Waals surface area contributed by atoms with E-state index < -0.39 is 0 Å². The first-order valence-electron chi connectivity index (χ1n) is 10.1. The van der Waals surface area contributed by atoms with Gasteiger partial charge >= 0.3 is 0 Å². The number of carbonyl (C=O) groups excluding carboxylic acids is 1. The van der Waals surface area contributed by atoms with Crippen molar-refractivity contribution in [1.82, 2.24) is 24.4 Å². The van der Waals surface area contributed by atoms with Crippen LogP contribution in [0.1, 0.15) is 0 Å². The Morgan fingerprint density at radius 1 is 1.07 bits per heavy atom. The molecule has 3 aromatic rings. The predicted octanol–water partition coefficient (Wildman–Crippen LogP) is 1.35. The van der Waals surface area contributed by atoms with Gasteiger partial charge in [0, 0.05) is 31.7 Å². The molecular formula is C21H24N6O3. The number of hydrogen-bond donors (Lipinski definition) is 1. The van der Waals surface area contributed by atoms with E-state index in [-0.39, 0.29) is 5.91 Å². The van der Waals surface area contributed by atoms with Gasteiger partial charge in [-0.25, -0.2) is 4.52 Å². The maximum atomic E-state index is 12.5. The summed E-state index contributed by atoms with van der Waals surface area (Å²) in [4.78, 5) is 21.3. The van der Waals surface area contributed by atoms with Gasteiger partial charge in [0.25, 0.3) is 0 Å². The van der Waals surface area contributed by atoms with E-state index in [1.807, 2.05) is 36.4 Å². The monoisotopic (exact) mass is 408 g/mol. The second kappa shape index (κ2) is 7.92. The Morgan fingerprint density at radius 3 is 2.70 bits per heavy atom. The first-order chi connectivity index (χ1) is 14.7. The van der Waals surface area contributed by atoms with Crippen LogP contribution in [0, 0.1) is 0 Å². The number of carbonyl (C=O) groups is 1. The number of aromatic nitrogens is 3. The third kappa shape index (κ3) is 3.81. The predicted molar refractivity (Wildman–Crippen MR) is 112 cm³/mol. The molecule has 156 valence electrons. The average molecular weight is 408 g/mol. The molecule has 9 nitrogen and oxygen atoms in total.